The SMILES string of the molecule is COc1cc(CN)cc(OC)c1OCCCCO. The molecule has 3 N–H and O–H groups in total. The molecule has 102 valence electrons. The normalized spacial score (nSPS) is 10.2. The third-order valence-corrected chi connectivity index (χ3v) is 2.55. The molecule has 1 rings (SSSR count). The van der Waals surface area contributed by atoms with E-state index in [1.807, 2.05) is 12.1 Å². The maximum atomic E-state index is 8.71. The molecular formula is C13H21NO4. The summed E-state index contributed by atoms with van der Waals surface area (Å²) in [6, 6.07) is 3.67. The molecule has 5 heteroatoms. The zero-order valence-electron chi connectivity index (χ0n) is 10.9. The van der Waals surface area contributed by atoms with Gasteiger partial charge in [-0.2, -0.15) is 0 Å². The Morgan fingerprint density at radius 1 is 1.11 bits per heavy atom. The largest absolute Gasteiger partial charge is 0.493 e. The molecule has 0 saturated carbocycles. The number of rotatable bonds is 8. The van der Waals surface area contributed by atoms with E-state index in [-0.39, 0.29) is 6.61 Å². The highest BCUT2D eigenvalue weighted by molar-refractivity contribution is 5.53. The monoisotopic (exact) mass is 255 g/mol. The second-order valence-electron chi connectivity index (χ2n) is 3.81. The van der Waals surface area contributed by atoms with Crippen LogP contribution in [0.2, 0.25) is 0 Å². The van der Waals surface area contributed by atoms with E-state index in [0.717, 1.165) is 12.0 Å². The molecule has 0 aliphatic rings. The summed E-state index contributed by atoms with van der Waals surface area (Å²) in [6.07, 6.45) is 1.49. The summed E-state index contributed by atoms with van der Waals surface area (Å²) in [6.45, 7) is 1.09. The van der Waals surface area contributed by atoms with E-state index in [0.29, 0.717) is 36.8 Å². The Bertz CT molecular complexity index is 343. The van der Waals surface area contributed by atoms with Gasteiger partial charge in [-0.1, -0.05) is 0 Å². The second kappa shape index (κ2) is 7.79. The molecule has 18 heavy (non-hydrogen) atoms. The van der Waals surface area contributed by atoms with Crippen molar-refractivity contribution < 1.29 is 19.3 Å². The number of aliphatic hydroxyl groups excluding tert-OH is 1. The molecule has 0 heterocycles. The fraction of sp³-hybridized carbons (Fsp3) is 0.538. The van der Waals surface area contributed by atoms with Crippen molar-refractivity contribution in [2.24, 2.45) is 5.73 Å². The van der Waals surface area contributed by atoms with E-state index in [1.165, 1.54) is 0 Å². The second-order valence-corrected chi connectivity index (χ2v) is 3.81. The molecule has 0 radical (unpaired) electrons. The number of nitrogens with two attached hydrogens (primary N) is 1. The van der Waals surface area contributed by atoms with Crippen molar-refractivity contribution in [1.29, 1.82) is 0 Å². The summed E-state index contributed by atoms with van der Waals surface area (Å²) in [7, 11) is 3.16. The lowest BCUT2D eigenvalue weighted by Crippen LogP contribution is -2.04. The molecule has 0 spiro atoms. The van der Waals surface area contributed by atoms with Gasteiger partial charge in [0.1, 0.15) is 0 Å². The summed E-state index contributed by atoms with van der Waals surface area (Å²) in [5, 5.41) is 8.71. The van der Waals surface area contributed by atoms with Crippen LogP contribution in [0.5, 0.6) is 17.2 Å². The van der Waals surface area contributed by atoms with Gasteiger partial charge in [0, 0.05) is 13.2 Å². The average Bonchev–Trinajstić information content (AvgIpc) is 2.42. The fourth-order valence-corrected chi connectivity index (χ4v) is 1.58. The predicted molar refractivity (Wildman–Crippen MR) is 69.3 cm³/mol. The molecule has 0 unspecified atom stereocenters. The van der Waals surface area contributed by atoms with Gasteiger partial charge in [0.2, 0.25) is 5.75 Å². The third-order valence-electron chi connectivity index (χ3n) is 2.55. The van der Waals surface area contributed by atoms with Crippen molar-refractivity contribution in [3.05, 3.63) is 17.7 Å². The van der Waals surface area contributed by atoms with Crippen molar-refractivity contribution in [2.45, 2.75) is 19.4 Å². The van der Waals surface area contributed by atoms with E-state index in [4.69, 9.17) is 25.1 Å². The van der Waals surface area contributed by atoms with Gasteiger partial charge in [-0.15, -0.1) is 0 Å². The Balaban J connectivity index is 2.85. The highest BCUT2D eigenvalue weighted by Crippen LogP contribution is 2.38. The quantitative estimate of drug-likeness (QED) is 0.685. The average molecular weight is 255 g/mol. The van der Waals surface area contributed by atoms with Crippen molar-refractivity contribution in [3.63, 3.8) is 0 Å². The Kier molecular flexibility index (Phi) is 6.32. The third kappa shape index (κ3) is 3.78. The van der Waals surface area contributed by atoms with Gasteiger partial charge >= 0.3 is 0 Å². The Morgan fingerprint density at radius 3 is 2.17 bits per heavy atom. The molecule has 5 nitrogen and oxygen atoms in total. The van der Waals surface area contributed by atoms with Crippen LogP contribution in [0.3, 0.4) is 0 Å². The van der Waals surface area contributed by atoms with Crippen LogP contribution >= 0.6 is 0 Å². The minimum Gasteiger partial charge on any atom is -0.493 e. The van der Waals surface area contributed by atoms with E-state index < -0.39 is 0 Å². The Labute approximate surface area is 107 Å². The molecule has 0 aliphatic carbocycles. The topological polar surface area (TPSA) is 73.9 Å². The van der Waals surface area contributed by atoms with Crippen LogP contribution in [0.4, 0.5) is 0 Å². The van der Waals surface area contributed by atoms with Crippen LogP contribution in [-0.4, -0.2) is 32.5 Å². The molecule has 0 aliphatic heterocycles. The van der Waals surface area contributed by atoms with Crippen LogP contribution in [0.15, 0.2) is 12.1 Å². The first-order valence-electron chi connectivity index (χ1n) is 5.95. The zero-order chi connectivity index (χ0) is 13.4. The maximum absolute atomic E-state index is 8.71. The molecule has 1 aromatic rings. The Morgan fingerprint density at radius 2 is 1.72 bits per heavy atom. The smallest absolute Gasteiger partial charge is 0.203 e. The van der Waals surface area contributed by atoms with Gasteiger partial charge in [0.05, 0.1) is 20.8 Å². The van der Waals surface area contributed by atoms with Crippen LogP contribution in [0.1, 0.15) is 18.4 Å². The molecule has 0 saturated heterocycles. The van der Waals surface area contributed by atoms with E-state index in [2.05, 4.69) is 0 Å². The number of unbranched alkanes of at least 4 members (excludes halogenated alkanes) is 1. The molecule has 0 aromatic heterocycles. The predicted octanol–water partition coefficient (Wildman–Crippen LogP) is 1.31. The first kappa shape index (κ1) is 14.6. The number of hydrogen-bond acceptors (Lipinski definition) is 5. The van der Waals surface area contributed by atoms with Gasteiger partial charge in [-0.25, -0.2) is 0 Å². The van der Waals surface area contributed by atoms with Crippen LogP contribution in [0, 0.1) is 0 Å². The van der Waals surface area contributed by atoms with E-state index in [1.54, 1.807) is 14.2 Å². The standard InChI is InChI=1S/C13H21NO4/c1-16-11-7-10(9-14)8-12(17-2)13(11)18-6-4-3-5-15/h7-8,15H,3-6,9,14H2,1-2H3. The van der Waals surface area contributed by atoms with Gasteiger partial charge in [-0.05, 0) is 30.5 Å². The van der Waals surface area contributed by atoms with Crippen LogP contribution < -0.4 is 19.9 Å². The minimum absolute atomic E-state index is 0.170. The summed E-state index contributed by atoms with van der Waals surface area (Å²) >= 11 is 0. The first-order valence-corrected chi connectivity index (χ1v) is 5.95. The molecule has 0 atom stereocenters. The molecule has 0 bridgehead atoms. The van der Waals surface area contributed by atoms with Crippen LogP contribution in [0.25, 0.3) is 0 Å². The fourth-order valence-electron chi connectivity index (χ4n) is 1.58. The summed E-state index contributed by atoms with van der Waals surface area (Å²) < 4.78 is 16.2. The van der Waals surface area contributed by atoms with Crippen molar-refractivity contribution >= 4 is 0 Å². The first-order chi connectivity index (χ1) is 8.76. The lowest BCUT2D eigenvalue weighted by Gasteiger charge is -2.15. The van der Waals surface area contributed by atoms with Crippen molar-refractivity contribution in [1.82, 2.24) is 0 Å². The number of aliphatic hydroxyl groups is 1. The Hall–Kier alpha value is -1.46. The van der Waals surface area contributed by atoms with Gasteiger partial charge < -0.3 is 25.1 Å². The van der Waals surface area contributed by atoms with Gasteiger partial charge in [0.25, 0.3) is 0 Å². The molecular weight excluding hydrogens is 234 g/mol. The highest BCUT2D eigenvalue weighted by Gasteiger charge is 2.13. The zero-order valence-corrected chi connectivity index (χ0v) is 10.9. The van der Waals surface area contributed by atoms with Crippen molar-refractivity contribution in [2.75, 3.05) is 27.4 Å². The van der Waals surface area contributed by atoms with Crippen LogP contribution in [-0.2, 0) is 6.54 Å². The maximum Gasteiger partial charge on any atom is 0.203 e. The number of hydrogen-bond donors (Lipinski definition) is 2. The lowest BCUT2D eigenvalue weighted by molar-refractivity contribution is 0.240. The summed E-state index contributed by atoms with van der Waals surface area (Å²) in [4.78, 5) is 0. The van der Waals surface area contributed by atoms with Gasteiger partial charge in [-0.3, -0.25) is 0 Å². The molecule has 0 amide bonds. The van der Waals surface area contributed by atoms with E-state index >= 15 is 0 Å². The summed E-state index contributed by atoms with van der Waals surface area (Å²) in [5.74, 6) is 1.80. The number of ether oxygens (including phenoxy) is 3. The number of benzene rings is 1. The molecule has 0 fully saturated rings. The lowest BCUT2D eigenvalue weighted by atomic mass is 10.2. The van der Waals surface area contributed by atoms with Crippen molar-refractivity contribution in [3.8, 4) is 17.2 Å². The summed E-state index contributed by atoms with van der Waals surface area (Å²) in [5.41, 5.74) is 6.53. The highest BCUT2D eigenvalue weighted by atomic mass is 16.5. The number of methoxy groups -OCH3 is 2. The van der Waals surface area contributed by atoms with E-state index in [9.17, 15) is 0 Å². The minimum atomic E-state index is 0.170. The molecule has 1 aromatic carbocycles. The van der Waals surface area contributed by atoms with Gasteiger partial charge in [0.15, 0.2) is 11.5 Å².